The number of benzene rings is 2. The molecular weight excluding hydrogens is 593 g/mol. The molecule has 234 valence electrons. The number of hydrogen-bond acceptors (Lipinski definition) is 6. The van der Waals surface area contributed by atoms with Gasteiger partial charge in [0.05, 0.1) is 23.4 Å². The molecule has 4 rings (SSSR count). The van der Waals surface area contributed by atoms with Gasteiger partial charge >= 0.3 is 6.16 Å². The van der Waals surface area contributed by atoms with Crippen LogP contribution in [0, 0.1) is 13.8 Å². The first-order chi connectivity index (χ1) is 19.9. The van der Waals surface area contributed by atoms with Crippen molar-refractivity contribution in [3.63, 3.8) is 0 Å². The number of rotatable bonds is 9. The molecular formula is C32H41Cl2N3O6. The number of aryl methyl sites for hydroxylation is 2. The molecule has 11 heteroatoms. The van der Waals surface area contributed by atoms with Crippen LogP contribution in [0.15, 0.2) is 48.5 Å². The second-order valence-corrected chi connectivity index (χ2v) is 11.2. The molecule has 1 aliphatic rings. The molecule has 1 aliphatic carbocycles. The maximum atomic E-state index is 13.2. The Hall–Kier alpha value is -3.37. The number of carboxylic acid groups (broad SMARTS) is 2. The van der Waals surface area contributed by atoms with E-state index in [1.165, 1.54) is 5.56 Å². The summed E-state index contributed by atoms with van der Waals surface area (Å²) in [5.41, 5.74) is 6.24. The third kappa shape index (κ3) is 11.0. The highest BCUT2D eigenvalue weighted by atomic mass is 35.5. The van der Waals surface area contributed by atoms with E-state index in [1.54, 1.807) is 6.07 Å². The van der Waals surface area contributed by atoms with Crippen molar-refractivity contribution in [3.05, 3.63) is 70.4 Å². The van der Waals surface area contributed by atoms with E-state index in [1.807, 2.05) is 38.4 Å². The molecule has 2 aromatic carbocycles. The predicted octanol–water partition coefficient (Wildman–Crippen LogP) is 6.69. The molecule has 3 aromatic rings. The Morgan fingerprint density at radius 3 is 2.28 bits per heavy atom. The smallest absolute Gasteiger partial charge is 0.492 e. The van der Waals surface area contributed by atoms with Gasteiger partial charge in [-0.1, -0.05) is 41.4 Å². The Kier molecular flexibility index (Phi) is 14.2. The minimum Gasteiger partial charge on any atom is -0.492 e. The van der Waals surface area contributed by atoms with Crippen molar-refractivity contribution in [1.82, 2.24) is 15.2 Å². The van der Waals surface area contributed by atoms with Gasteiger partial charge < -0.3 is 30.3 Å². The first-order valence-corrected chi connectivity index (χ1v) is 14.4. The number of ether oxygens (including phenoxy) is 1. The minimum absolute atomic E-state index is 0. The van der Waals surface area contributed by atoms with Crippen LogP contribution in [0.5, 0.6) is 5.75 Å². The number of carbonyl (C=O) groups excluding carboxylic acids is 1. The Labute approximate surface area is 264 Å². The summed E-state index contributed by atoms with van der Waals surface area (Å²) in [5.74, 6) is 0.404. The molecule has 43 heavy (non-hydrogen) atoms. The third-order valence-corrected chi connectivity index (χ3v) is 7.36. The number of hydrogen-bond donors (Lipinski definition) is 4. The van der Waals surface area contributed by atoms with E-state index in [9.17, 15) is 9.90 Å². The van der Waals surface area contributed by atoms with Crippen molar-refractivity contribution >= 4 is 36.1 Å². The minimum atomic E-state index is -1.83. The number of amides is 1. The molecule has 1 aromatic heterocycles. The fourth-order valence-corrected chi connectivity index (χ4v) is 5.11. The summed E-state index contributed by atoms with van der Waals surface area (Å²) in [6.07, 6.45) is 1.73. The Morgan fingerprint density at radius 2 is 1.65 bits per heavy atom. The second-order valence-electron chi connectivity index (χ2n) is 10.8. The van der Waals surface area contributed by atoms with Crippen LogP contribution in [-0.4, -0.2) is 76.7 Å². The van der Waals surface area contributed by atoms with Gasteiger partial charge in [0.1, 0.15) is 11.4 Å². The molecule has 1 heterocycles. The predicted molar refractivity (Wildman–Crippen MR) is 172 cm³/mol. The number of nitrogens with zero attached hydrogens (tertiary/aromatic N) is 2. The zero-order valence-corrected chi connectivity index (χ0v) is 26.5. The van der Waals surface area contributed by atoms with E-state index in [4.69, 9.17) is 36.3 Å². The van der Waals surface area contributed by atoms with Crippen LogP contribution in [0.2, 0.25) is 5.02 Å². The molecule has 0 bridgehead atoms. The van der Waals surface area contributed by atoms with Crippen LogP contribution >= 0.6 is 24.0 Å². The summed E-state index contributed by atoms with van der Waals surface area (Å²) in [4.78, 5) is 28.8. The molecule has 1 fully saturated rings. The van der Waals surface area contributed by atoms with Gasteiger partial charge in [0.25, 0.3) is 5.91 Å². The van der Waals surface area contributed by atoms with Gasteiger partial charge in [0.2, 0.25) is 0 Å². The monoisotopic (exact) mass is 633 g/mol. The molecule has 1 saturated carbocycles. The number of nitrogens with one attached hydrogen (secondary N) is 1. The van der Waals surface area contributed by atoms with Crippen molar-refractivity contribution < 1.29 is 29.6 Å². The average Bonchev–Trinajstić information content (AvgIpc) is 2.93. The number of aliphatic hydroxyl groups is 1. The van der Waals surface area contributed by atoms with Crippen molar-refractivity contribution in [1.29, 1.82) is 0 Å². The summed E-state index contributed by atoms with van der Waals surface area (Å²) in [6, 6.07) is 15.8. The summed E-state index contributed by atoms with van der Waals surface area (Å²) in [7, 11) is 4.07. The van der Waals surface area contributed by atoms with E-state index in [-0.39, 0.29) is 30.5 Å². The first kappa shape index (κ1) is 35.8. The zero-order chi connectivity index (χ0) is 30.8. The molecule has 4 N–H and O–H groups in total. The largest absolute Gasteiger partial charge is 0.503 e. The maximum Gasteiger partial charge on any atom is 0.503 e. The molecule has 0 radical (unpaired) electrons. The topological polar surface area (TPSA) is 132 Å². The molecule has 0 atom stereocenters. The van der Waals surface area contributed by atoms with Gasteiger partial charge in [-0.3, -0.25) is 4.79 Å². The summed E-state index contributed by atoms with van der Waals surface area (Å²) < 4.78 is 6.04. The van der Waals surface area contributed by atoms with Gasteiger partial charge in [-0.05, 0) is 95.4 Å². The highest BCUT2D eigenvalue weighted by Crippen LogP contribution is 2.37. The Balaban J connectivity index is 0.00000121. The van der Waals surface area contributed by atoms with Crippen LogP contribution in [0.4, 0.5) is 4.79 Å². The van der Waals surface area contributed by atoms with Crippen molar-refractivity contribution in [3.8, 4) is 28.1 Å². The van der Waals surface area contributed by atoms with E-state index < -0.39 is 6.16 Å². The van der Waals surface area contributed by atoms with Crippen LogP contribution in [0.1, 0.15) is 53.7 Å². The standard InChI is InChI=1S/C31H38ClN3O3.CH2O3.ClH/c1-20-6-12-25(21(2)18-20)26-13-15-28(31(37)33-23-8-10-24(36)11-9-23)34-30(26)22-7-14-27(32)29(19-22)38-17-5-16-35(3)4;2-1(3)4;/h6-7,12-15,18-19,23-24,36H,5,8-11,16-17H2,1-4H3,(H,33,37);(H2,2,3,4);1H. The molecule has 1 amide bonds. The molecule has 9 nitrogen and oxygen atoms in total. The van der Waals surface area contributed by atoms with E-state index >= 15 is 0 Å². The number of halogens is 2. The number of carbonyl (C=O) groups is 2. The van der Waals surface area contributed by atoms with Gasteiger partial charge in [0, 0.05) is 23.7 Å². The number of aromatic nitrogens is 1. The molecule has 0 saturated heterocycles. The number of aliphatic hydroxyl groups excluding tert-OH is 1. The lowest BCUT2D eigenvalue weighted by Gasteiger charge is -2.26. The summed E-state index contributed by atoms with van der Waals surface area (Å²) in [6.45, 7) is 5.64. The summed E-state index contributed by atoms with van der Waals surface area (Å²) >= 11 is 6.49. The van der Waals surface area contributed by atoms with E-state index in [0.29, 0.717) is 41.6 Å². The van der Waals surface area contributed by atoms with Gasteiger partial charge in [-0.15, -0.1) is 12.4 Å². The lowest BCUT2D eigenvalue weighted by atomic mass is 9.93. The normalized spacial score (nSPS) is 16.0. The van der Waals surface area contributed by atoms with Gasteiger partial charge in [-0.2, -0.15) is 0 Å². The highest BCUT2D eigenvalue weighted by Gasteiger charge is 2.23. The maximum absolute atomic E-state index is 13.2. The van der Waals surface area contributed by atoms with Crippen molar-refractivity contribution in [2.24, 2.45) is 0 Å². The molecule has 0 spiro atoms. The fourth-order valence-electron chi connectivity index (χ4n) is 4.94. The average molecular weight is 635 g/mol. The first-order valence-electron chi connectivity index (χ1n) is 14.0. The molecule has 0 unspecified atom stereocenters. The quantitative estimate of drug-likeness (QED) is 0.192. The van der Waals surface area contributed by atoms with Crippen molar-refractivity contribution in [2.45, 2.75) is 58.1 Å². The van der Waals surface area contributed by atoms with Crippen LogP contribution in [0.3, 0.4) is 0 Å². The van der Waals surface area contributed by atoms with Crippen LogP contribution in [0.25, 0.3) is 22.4 Å². The highest BCUT2D eigenvalue weighted by molar-refractivity contribution is 6.32. The van der Waals surface area contributed by atoms with E-state index in [2.05, 4.69) is 42.3 Å². The van der Waals surface area contributed by atoms with E-state index in [0.717, 1.165) is 48.1 Å². The van der Waals surface area contributed by atoms with Gasteiger partial charge in [0.15, 0.2) is 0 Å². The number of pyridine rings is 1. The van der Waals surface area contributed by atoms with Crippen molar-refractivity contribution in [2.75, 3.05) is 27.2 Å². The Morgan fingerprint density at radius 1 is 1.00 bits per heavy atom. The third-order valence-electron chi connectivity index (χ3n) is 7.04. The fraction of sp³-hybridized carbons (Fsp3) is 0.406. The van der Waals surface area contributed by atoms with Gasteiger partial charge in [-0.25, -0.2) is 9.78 Å². The van der Waals surface area contributed by atoms with Crippen LogP contribution in [-0.2, 0) is 0 Å². The Bertz CT molecular complexity index is 1370. The molecule has 0 aliphatic heterocycles. The SMILES string of the molecule is Cc1ccc(-c2ccc(C(=O)NC3CCC(O)CC3)nc2-c2ccc(Cl)c(OCCCN(C)C)c2)c(C)c1.Cl.O=C(O)O. The second kappa shape index (κ2) is 17.1. The van der Waals surface area contributed by atoms with Crippen LogP contribution < -0.4 is 10.1 Å². The lowest BCUT2D eigenvalue weighted by Crippen LogP contribution is -2.38. The lowest BCUT2D eigenvalue weighted by molar-refractivity contribution is 0.0863. The zero-order valence-electron chi connectivity index (χ0n) is 25.0. The summed E-state index contributed by atoms with van der Waals surface area (Å²) in [5, 5.41) is 27.4.